The summed E-state index contributed by atoms with van der Waals surface area (Å²) in [6, 6.07) is 5.18. The molecule has 1 heterocycles. The molecule has 1 aromatic heterocycles. The lowest BCUT2D eigenvalue weighted by atomic mass is 10.1. The fourth-order valence-electron chi connectivity index (χ4n) is 1.18. The van der Waals surface area contributed by atoms with E-state index in [9.17, 15) is 4.79 Å². The van der Waals surface area contributed by atoms with Gasteiger partial charge in [-0.1, -0.05) is 6.07 Å². The highest BCUT2D eigenvalue weighted by Gasteiger charge is 2.02. The second-order valence-corrected chi connectivity index (χ2v) is 2.85. The molecule has 0 saturated heterocycles. The molecule has 0 aliphatic rings. The Hall–Kier alpha value is -1.84. The molecule has 4 nitrogen and oxygen atoms in total. The molecule has 0 spiro atoms. The largest absolute Gasteiger partial charge is 0.417 e. The number of fused-ring (bicyclic) bond motifs is 1. The Kier molecular flexibility index (Phi) is 1.55. The minimum atomic E-state index is -0.463. The zero-order valence-corrected chi connectivity index (χ0v) is 7.05. The second-order valence-electron chi connectivity index (χ2n) is 2.85. The van der Waals surface area contributed by atoms with Crippen molar-refractivity contribution in [3.05, 3.63) is 34.3 Å². The summed E-state index contributed by atoms with van der Waals surface area (Å²) in [6.45, 7) is 1.69. The summed E-state index contributed by atoms with van der Waals surface area (Å²) in [6.07, 6.45) is 0. The third kappa shape index (κ3) is 1.26. The van der Waals surface area contributed by atoms with Crippen LogP contribution >= 0.6 is 0 Å². The van der Waals surface area contributed by atoms with Crippen LogP contribution in [0.15, 0.2) is 27.4 Å². The van der Waals surface area contributed by atoms with Gasteiger partial charge in [0, 0.05) is 5.71 Å². The third-order valence-corrected chi connectivity index (χ3v) is 1.85. The van der Waals surface area contributed by atoms with E-state index in [0.717, 1.165) is 5.56 Å². The maximum absolute atomic E-state index is 10.8. The molecule has 0 aliphatic heterocycles. The van der Waals surface area contributed by atoms with E-state index in [1.54, 1.807) is 25.1 Å². The van der Waals surface area contributed by atoms with E-state index in [1.165, 1.54) is 0 Å². The molecule has 0 aliphatic carbocycles. The van der Waals surface area contributed by atoms with Crippen molar-refractivity contribution in [2.75, 3.05) is 0 Å². The Morgan fingerprint density at radius 1 is 1.54 bits per heavy atom. The molecule has 0 fully saturated rings. The molecule has 0 bridgehead atoms. The molecule has 0 saturated carbocycles. The number of hydrogen-bond donors (Lipinski definition) is 2. The Labute approximate surface area is 73.7 Å². The van der Waals surface area contributed by atoms with E-state index in [1.807, 2.05) is 0 Å². The number of oxazole rings is 1. The van der Waals surface area contributed by atoms with Crippen molar-refractivity contribution in [2.24, 2.45) is 0 Å². The fourth-order valence-corrected chi connectivity index (χ4v) is 1.18. The summed E-state index contributed by atoms with van der Waals surface area (Å²) < 4.78 is 4.85. The lowest BCUT2D eigenvalue weighted by Crippen LogP contribution is -1.92. The molecule has 2 rings (SSSR count). The lowest BCUT2D eigenvalue weighted by molar-refractivity contribution is 0.555. The first kappa shape index (κ1) is 7.79. The van der Waals surface area contributed by atoms with Crippen LogP contribution in [0.3, 0.4) is 0 Å². The highest BCUT2D eigenvalue weighted by Crippen LogP contribution is 2.12. The molecule has 2 N–H and O–H groups in total. The monoisotopic (exact) mass is 176 g/mol. The van der Waals surface area contributed by atoms with Gasteiger partial charge in [0.1, 0.15) is 0 Å². The molecular weight excluding hydrogens is 168 g/mol. The molecule has 1 aromatic carbocycles. The SMILES string of the molecule is CC(=N)c1ccc2[nH]c(=O)oc2c1. The van der Waals surface area contributed by atoms with E-state index < -0.39 is 5.76 Å². The Morgan fingerprint density at radius 3 is 3.00 bits per heavy atom. The number of hydrogen-bond acceptors (Lipinski definition) is 3. The molecule has 13 heavy (non-hydrogen) atoms. The zero-order valence-electron chi connectivity index (χ0n) is 7.05. The molecule has 0 atom stereocenters. The summed E-state index contributed by atoms with van der Waals surface area (Å²) in [5.74, 6) is -0.463. The Balaban J connectivity index is 2.74. The van der Waals surface area contributed by atoms with E-state index in [0.29, 0.717) is 16.8 Å². The van der Waals surface area contributed by atoms with E-state index >= 15 is 0 Å². The van der Waals surface area contributed by atoms with Crippen molar-refractivity contribution in [3.8, 4) is 0 Å². The molecular formula is C9H8N2O2. The van der Waals surface area contributed by atoms with Gasteiger partial charge in [-0.3, -0.25) is 4.98 Å². The lowest BCUT2D eigenvalue weighted by Gasteiger charge is -1.95. The summed E-state index contributed by atoms with van der Waals surface area (Å²) >= 11 is 0. The smallest absolute Gasteiger partial charge is 0.408 e. The van der Waals surface area contributed by atoms with Crippen LogP contribution in [-0.4, -0.2) is 10.7 Å². The summed E-state index contributed by atoms with van der Waals surface area (Å²) in [4.78, 5) is 13.3. The predicted molar refractivity (Wildman–Crippen MR) is 49.3 cm³/mol. The first-order valence-electron chi connectivity index (χ1n) is 3.85. The van der Waals surface area contributed by atoms with Crippen LogP contribution in [0.4, 0.5) is 0 Å². The van der Waals surface area contributed by atoms with E-state index in [2.05, 4.69) is 4.98 Å². The summed E-state index contributed by atoms with van der Waals surface area (Å²) in [5.41, 5.74) is 2.37. The summed E-state index contributed by atoms with van der Waals surface area (Å²) in [7, 11) is 0. The topological polar surface area (TPSA) is 69.8 Å². The van der Waals surface area contributed by atoms with Gasteiger partial charge in [-0.2, -0.15) is 0 Å². The average molecular weight is 176 g/mol. The van der Waals surface area contributed by atoms with Crippen molar-refractivity contribution in [1.82, 2.24) is 4.98 Å². The van der Waals surface area contributed by atoms with E-state index in [-0.39, 0.29) is 0 Å². The van der Waals surface area contributed by atoms with Gasteiger partial charge in [0.05, 0.1) is 5.52 Å². The van der Waals surface area contributed by atoms with Crippen molar-refractivity contribution in [3.63, 3.8) is 0 Å². The van der Waals surface area contributed by atoms with Crippen molar-refractivity contribution in [2.45, 2.75) is 6.92 Å². The number of aromatic amines is 1. The number of nitrogens with one attached hydrogen (secondary N) is 2. The highest BCUT2D eigenvalue weighted by molar-refractivity contribution is 5.98. The second kappa shape index (κ2) is 2.58. The first-order chi connectivity index (χ1) is 6.16. The van der Waals surface area contributed by atoms with Crippen LogP contribution in [0.25, 0.3) is 11.1 Å². The van der Waals surface area contributed by atoms with Crippen LogP contribution in [-0.2, 0) is 0 Å². The first-order valence-corrected chi connectivity index (χ1v) is 3.85. The third-order valence-electron chi connectivity index (χ3n) is 1.85. The van der Waals surface area contributed by atoms with Gasteiger partial charge in [-0.15, -0.1) is 0 Å². The summed E-state index contributed by atoms with van der Waals surface area (Å²) in [5, 5.41) is 7.39. The van der Waals surface area contributed by atoms with Crippen LogP contribution in [0.5, 0.6) is 0 Å². The van der Waals surface area contributed by atoms with Gasteiger partial charge in [0.15, 0.2) is 5.58 Å². The fraction of sp³-hybridized carbons (Fsp3) is 0.111. The maximum atomic E-state index is 10.8. The Bertz CT molecular complexity index is 522. The van der Waals surface area contributed by atoms with Gasteiger partial charge in [-0.05, 0) is 24.6 Å². The maximum Gasteiger partial charge on any atom is 0.417 e. The minimum Gasteiger partial charge on any atom is -0.408 e. The van der Waals surface area contributed by atoms with Gasteiger partial charge in [-0.25, -0.2) is 4.79 Å². The van der Waals surface area contributed by atoms with Gasteiger partial charge < -0.3 is 9.83 Å². The van der Waals surface area contributed by atoms with Crippen molar-refractivity contribution >= 4 is 16.8 Å². The molecule has 66 valence electrons. The quantitative estimate of drug-likeness (QED) is 0.646. The highest BCUT2D eigenvalue weighted by atomic mass is 16.4. The van der Waals surface area contributed by atoms with E-state index in [4.69, 9.17) is 9.83 Å². The van der Waals surface area contributed by atoms with Crippen LogP contribution in [0, 0.1) is 5.41 Å². The van der Waals surface area contributed by atoms with Gasteiger partial charge in [0.25, 0.3) is 0 Å². The van der Waals surface area contributed by atoms with Crippen LogP contribution in [0.2, 0.25) is 0 Å². The van der Waals surface area contributed by atoms with Crippen molar-refractivity contribution in [1.29, 1.82) is 5.41 Å². The Morgan fingerprint density at radius 2 is 2.31 bits per heavy atom. The molecule has 2 aromatic rings. The standard InChI is InChI=1S/C9H8N2O2/c1-5(10)6-2-3-7-8(4-6)13-9(12)11-7/h2-4,10H,1H3,(H,11,12). The average Bonchev–Trinajstić information content (AvgIpc) is 2.42. The normalized spacial score (nSPS) is 10.5. The predicted octanol–water partition coefficient (Wildman–Crippen LogP) is 1.51. The van der Waals surface area contributed by atoms with Gasteiger partial charge >= 0.3 is 5.76 Å². The zero-order chi connectivity index (χ0) is 9.42. The number of H-pyrrole nitrogens is 1. The molecule has 0 radical (unpaired) electrons. The molecule has 4 heteroatoms. The van der Waals surface area contributed by atoms with Gasteiger partial charge in [0.2, 0.25) is 0 Å². The minimum absolute atomic E-state index is 0.450. The number of aromatic nitrogens is 1. The van der Waals surface area contributed by atoms with Crippen molar-refractivity contribution < 1.29 is 4.42 Å². The van der Waals surface area contributed by atoms with Crippen LogP contribution < -0.4 is 5.76 Å². The number of rotatable bonds is 1. The molecule has 0 amide bonds. The molecule has 0 unspecified atom stereocenters. The number of benzene rings is 1. The van der Waals surface area contributed by atoms with Crippen LogP contribution in [0.1, 0.15) is 12.5 Å².